The first-order chi connectivity index (χ1) is 13.1. The molecule has 2 aromatic carbocycles. The molecule has 0 saturated heterocycles. The lowest BCUT2D eigenvalue weighted by molar-refractivity contribution is 0.0748. The molecule has 5 nitrogen and oxygen atoms in total. The number of furan rings is 1. The molecule has 0 saturated carbocycles. The van der Waals surface area contributed by atoms with Gasteiger partial charge in [-0.1, -0.05) is 34.1 Å². The van der Waals surface area contributed by atoms with E-state index in [0.29, 0.717) is 12.3 Å². The molecule has 3 aromatic rings. The Bertz CT molecular complexity index is 908. The zero-order valence-corrected chi connectivity index (χ0v) is 16.7. The van der Waals surface area contributed by atoms with Crippen molar-refractivity contribution in [2.45, 2.75) is 13.2 Å². The number of hydrogen-bond donors (Lipinski definition) is 0. The largest absolute Gasteiger partial charge is 0.496 e. The molecule has 1 aromatic heterocycles. The molecule has 0 bridgehead atoms. The summed E-state index contributed by atoms with van der Waals surface area (Å²) in [5.74, 6) is 2.15. The van der Waals surface area contributed by atoms with Crippen LogP contribution in [-0.4, -0.2) is 25.0 Å². The topological polar surface area (TPSA) is 51.9 Å². The number of carbonyl (C=O) groups is 1. The number of benzene rings is 2. The third-order valence-corrected chi connectivity index (χ3v) is 4.49. The van der Waals surface area contributed by atoms with Crippen LogP contribution in [0.1, 0.15) is 21.9 Å². The Balaban J connectivity index is 1.64. The van der Waals surface area contributed by atoms with Crippen molar-refractivity contribution in [2.75, 3.05) is 14.2 Å². The van der Waals surface area contributed by atoms with E-state index in [1.54, 1.807) is 31.2 Å². The van der Waals surface area contributed by atoms with Gasteiger partial charge in [-0.15, -0.1) is 0 Å². The summed E-state index contributed by atoms with van der Waals surface area (Å²) in [7, 11) is 3.34. The van der Waals surface area contributed by atoms with Gasteiger partial charge in [0.25, 0.3) is 5.91 Å². The van der Waals surface area contributed by atoms with Crippen LogP contribution in [0.25, 0.3) is 0 Å². The van der Waals surface area contributed by atoms with Gasteiger partial charge in [-0.2, -0.15) is 0 Å². The number of halogens is 1. The molecular formula is C21H20BrNO4. The van der Waals surface area contributed by atoms with Crippen LogP contribution in [0.2, 0.25) is 0 Å². The predicted molar refractivity (Wildman–Crippen MR) is 106 cm³/mol. The molecule has 0 aliphatic carbocycles. The van der Waals surface area contributed by atoms with Crippen molar-refractivity contribution >= 4 is 21.8 Å². The number of ether oxygens (including phenoxy) is 2. The second-order valence-electron chi connectivity index (χ2n) is 5.99. The zero-order valence-electron chi connectivity index (χ0n) is 15.1. The third-order valence-electron chi connectivity index (χ3n) is 3.99. The Morgan fingerprint density at radius 3 is 2.63 bits per heavy atom. The number of para-hydroxylation sites is 1. The van der Waals surface area contributed by atoms with E-state index in [9.17, 15) is 4.79 Å². The molecule has 0 spiro atoms. The second kappa shape index (κ2) is 8.77. The molecule has 3 rings (SSSR count). The molecule has 1 amide bonds. The van der Waals surface area contributed by atoms with Crippen LogP contribution >= 0.6 is 15.9 Å². The fourth-order valence-corrected chi connectivity index (χ4v) is 3.04. The summed E-state index contributed by atoms with van der Waals surface area (Å²) in [4.78, 5) is 14.2. The van der Waals surface area contributed by atoms with E-state index >= 15 is 0 Å². The van der Waals surface area contributed by atoms with Gasteiger partial charge in [0.1, 0.15) is 23.9 Å². The first-order valence-electron chi connectivity index (χ1n) is 8.41. The summed E-state index contributed by atoms with van der Waals surface area (Å²) in [5.41, 5.74) is 0.905. The highest BCUT2D eigenvalue weighted by atomic mass is 79.9. The smallest absolute Gasteiger partial charge is 0.289 e. The minimum absolute atomic E-state index is 0.206. The van der Waals surface area contributed by atoms with Crippen LogP contribution < -0.4 is 9.47 Å². The first kappa shape index (κ1) is 19.0. The molecule has 1 heterocycles. The van der Waals surface area contributed by atoms with Crippen LogP contribution in [0, 0.1) is 0 Å². The highest BCUT2D eigenvalue weighted by molar-refractivity contribution is 9.10. The van der Waals surface area contributed by atoms with Crippen LogP contribution in [0.15, 0.2) is 69.6 Å². The van der Waals surface area contributed by atoms with Gasteiger partial charge in [0.15, 0.2) is 5.76 Å². The molecule has 0 N–H and O–H groups in total. The van der Waals surface area contributed by atoms with E-state index in [0.717, 1.165) is 21.5 Å². The maximum absolute atomic E-state index is 12.7. The van der Waals surface area contributed by atoms with E-state index in [2.05, 4.69) is 15.9 Å². The normalized spacial score (nSPS) is 10.5. The van der Waals surface area contributed by atoms with Crippen molar-refractivity contribution in [3.8, 4) is 11.5 Å². The SMILES string of the molecule is COc1ccc(Br)cc1CN(C)C(=O)c1ccc(COc2ccccc2)o1. The van der Waals surface area contributed by atoms with Crippen molar-refractivity contribution in [3.05, 3.63) is 82.2 Å². The maximum atomic E-state index is 12.7. The average Bonchev–Trinajstić information content (AvgIpc) is 3.16. The Hall–Kier alpha value is -2.73. The summed E-state index contributed by atoms with van der Waals surface area (Å²) in [6.07, 6.45) is 0. The standard InChI is InChI=1S/C21H20BrNO4/c1-23(13-15-12-16(22)8-10-19(15)25-2)21(24)20-11-9-18(27-20)14-26-17-6-4-3-5-7-17/h3-12H,13-14H2,1-2H3. The van der Waals surface area contributed by atoms with Crippen molar-refractivity contribution in [1.29, 1.82) is 0 Å². The molecule has 0 unspecified atom stereocenters. The number of rotatable bonds is 7. The second-order valence-corrected chi connectivity index (χ2v) is 6.90. The predicted octanol–water partition coefficient (Wildman–Crippen LogP) is 4.90. The summed E-state index contributed by atoms with van der Waals surface area (Å²) in [5, 5.41) is 0. The van der Waals surface area contributed by atoms with Crippen molar-refractivity contribution in [3.63, 3.8) is 0 Å². The minimum atomic E-state index is -0.206. The van der Waals surface area contributed by atoms with Gasteiger partial charge in [0.05, 0.1) is 7.11 Å². The molecule has 27 heavy (non-hydrogen) atoms. The number of carbonyl (C=O) groups excluding carboxylic acids is 1. The van der Waals surface area contributed by atoms with Crippen molar-refractivity contribution < 1.29 is 18.7 Å². The lowest BCUT2D eigenvalue weighted by Crippen LogP contribution is -2.26. The Morgan fingerprint density at radius 1 is 1.11 bits per heavy atom. The lowest BCUT2D eigenvalue weighted by Gasteiger charge is -2.18. The molecule has 0 aliphatic heterocycles. The highest BCUT2D eigenvalue weighted by Gasteiger charge is 2.18. The Labute approximate surface area is 166 Å². The zero-order chi connectivity index (χ0) is 19.2. The molecule has 140 valence electrons. The summed E-state index contributed by atoms with van der Waals surface area (Å²) in [6.45, 7) is 0.665. The Kier molecular flexibility index (Phi) is 6.19. The van der Waals surface area contributed by atoms with Gasteiger partial charge in [0.2, 0.25) is 0 Å². The van der Waals surface area contributed by atoms with E-state index in [1.165, 1.54) is 0 Å². The summed E-state index contributed by atoms with van der Waals surface area (Å²) in [6, 6.07) is 18.6. The Morgan fingerprint density at radius 2 is 1.89 bits per heavy atom. The number of hydrogen-bond acceptors (Lipinski definition) is 4. The van der Waals surface area contributed by atoms with Crippen LogP contribution in [0.4, 0.5) is 0 Å². The van der Waals surface area contributed by atoms with E-state index in [1.807, 2.05) is 48.5 Å². The van der Waals surface area contributed by atoms with Gasteiger partial charge in [-0.05, 0) is 42.5 Å². The van der Waals surface area contributed by atoms with E-state index in [-0.39, 0.29) is 18.3 Å². The molecule has 0 radical (unpaired) electrons. The molecule has 6 heteroatoms. The molecule has 0 aliphatic rings. The molecule has 0 atom stereocenters. The van der Waals surface area contributed by atoms with Crippen LogP contribution in [-0.2, 0) is 13.2 Å². The third kappa shape index (κ3) is 4.92. The molecular weight excluding hydrogens is 410 g/mol. The minimum Gasteiger partial charge on any atom is -0.496 e. The number of methoxy groups -OCH3 is 1. The fraction of sp³-hybridized carbons (Fsp3) is 0.190. The van der Waals surface area contributed by atoms with Gasteiger partial charge >= 0.3 is 0 Å². The number of amides is 1. The van der Waals surface area contributed by atoms with Crippen molar-refractivity contribution in [2.24, 2.45) is 0 Å². The van der Waals surface area contributed by atoms with Crippen LogP contribution in [0.5, 0.6) is 11.5 Å². The van der Waals surface area contributed by atoms with Crippen LogP contribution in [0.3, 0.4) is 0 Å². The fourth-order valence-electron chi connectivity index (χ4n) is 2.63. The van der Waals surface area contributed by atoms with Gasteiger partial charge in [-0.25, -0.2) is 0 Å². The van der Waals surface area contributed by atoms with Gasteiger partial charge in [0, 0.05) is 23.6 Å². The number of nitrogens with zero attached hydrogens (tertiary/aromatic N) is 1. The monoisotopic (exact) mass is 429 g/mol. The van der Waals surface area contributed by atoms with E-state index in [4.69, 9.17) is 13.9 Å². The maximum Gasteiger partial charge on any atom is 0.289 e. The summed E-state index contributed by atoms with van der Waals surface area (Å²) >= 11 is 3.45. The van der Waals surface area contributed by atoms with Crippen molar-refractivity contribution in [1.82, 2.24) is 4.90 Å². The highest BCUT2D eigenvalue weighted by Crippen LogP contribution is 2.24. The van der Waals surface area contributed by atoms with Gasteiger partial charge < -0.3 is 18.8 Å². The first-order valence-corrected chi connectivity index (χ1v) is 9.20. The molecule has 0 fully saturated rings. The quantitative estimate of drug-likeness (QED) is 0.535. The van der Waals surface area contributed by atoms with Gasteiger partial charge in [-0.3, -0.25) is 4.79 Å². The van der Waals surface area contributed by atoms with E-state index < -0.39 is 0 Å². The average molecular weight is 430 g/mol. The summed E-state index contributed by atoms with van der Waals surface area (Å²) < 4.78 is 17.6. The lowest BCUT2D eigenvalue weighted by atomic mass is 10.2.